The fourth-order valence-corrected chi connectivity index (χ4v) is 9.50. The number of ether oxygens (including phenoxy) is 2. The summed E-state index contributed by atoms with van der Waals surface area (Å²) >= 11 is 8.01. The third-order valence-corrected chi connectivity index (χ3v) is 14.3. The zero-order valence-electron chi connectivity index (χ0n) is 30.5. The highest BCUT2D eigenvalue weighted by Gasteiger charge is 2.63. The maximum absolute atomic E-state index is 14.3. The number of carbonyl (C=O) groups is 3. The quantitative estimate of drug-likeness (QED) is 0.276. The van der Waals surface area contributed by atoms with Gasteiger partial charge in [-0.2, -0.15) is 0 Å². The predicted molar refractivity (Wildman–Crippen MR) is 203 cm³/mol. The number of thiazole rings is 1. The van der Waals surface area contributed by atoms with Crippen molar-refractivity contribution in [2.45, 2.75) is 94.1 Å². The van der Waals surface area contributed by atoms with Crippen molar-refractivity contribution in [2.24, 2.45) is 5.92 Å². The van der Waals surface area contributed by atoms with Crippen LogP contribution in [-0.2, 0) is 19.6 Å². The molecule has 0 bridgehead atoms. The molecule has 2 N–H and O–H groups in total. The molecule has 0 radical (unpaired) electrons. The number of fused-ring (bicyclic) bond motifs is 3. The first-order valence-corrected chi connectivity index (χ1v) is 20.8. The molecule has 3 aromatic rings. The number of halogens is 1. The SMILES string of the molecule is COc1cc2c(O[C@H]3C[C@H]4C(=O)N(C)CCCC/C=C\[C@@H]5C[C@@]5(C(=O)NS(=O)(=O)C5(C)CC5)NC(=O)N4C3)cc(-c3nc(C(C)C)cs3)nc2cc1Cl. The Morgan fingerprint density at radius 3 is 2.62 bits per heavy atom. The molecule has 4 amide bonds. The predicted octanol–water partition coefficient (Wildman–Crippen LogP) is 5.63. The molecule has 2 aliphatic carbocycles. The van der Waals surface area contributed by atoms with Crippen LogP contribution in [0.4, 0.5) is 4.79 Å². The minimum Gasteiger partial charge on any atom is -0.495 e. The lowest BCUT2D eigenvalue weighted by molar-refractivity contribution is -0.134. The highest BCUT2D eigenvalue weighted by atomic mass is 35.5. The Kier molecular flexibility index (Phi) is 9.90. The summed E-state index contributed by atoms with van der Waals surface area (Å²) in [6, 6.07) is 3.74. The van der Waals surface area contributed by atoms with Crippen molar-refractivity contribution >= 4 is 61.7 Å². The zero-order chi connectivity index (χ0) is 37.9. The minimum atomic E-state index is -3.95. The summed E-state index contributed by atoms with van der Waals surface area (Å²) in [6.45, 7) is 6.30. The van der Waals surface area contributed by atoms with Gasteiger partial charge in [0, 0.05) is 42.8 Å². The van der Waals surface area contributed by atoms with E-state index in [2.05, 4.69) is 23.9 Å². The number of amides is 4. The Morgan fingerprint density at radius 2 is 1.92 bits per heavy atom. The monoisotopic (exact) mass is 784 g/mol. The van der Waals surface area contributed by atoms with Crippen molar-refractivity contribution in [1.82, 2.24) is 29.8 Å². The number of rotatable bonds is 8. The van der Waals surface area contributed by atoms with E-state index in [1.807, 2.05) is 17.5 Å². The van der Waals surface area contributed by atoms with Crippen molar-refractivity contribution in [3.63, 3.8) is 0 Å². The molecule has 13 nitrogen and oxygen atoms in total. The van der Waals surface area contributed by atoms with E-state index in [-0.39, 0.29) is 31.2 Å². The summed E-state index contributed by atoms with van der Waals surface area (Å²) in [5.41, 5.74) is 0.626. The summed E-state index contributed by atoms with van der Waals surface area (Å²) in [5.74, 6) is -0.279. The number of pyridine rings is 1. The molecule has 4 atom stereocenters. The molecular weight excluding hydrogens is 740 g/mol. The molecule has 284 valence electrons. The topological polar surface area (TPSA) is 160 Å². The van der Waals surface area contributed by atoms with Crippen LogP contribution in [0, 0.1) is 5.92 Å². The fourth-order valence-electron chi connectivity index (χ4n) is 7.01. The van der Waals surface area contributed by atoms with Crippen LogP contribution in [0.5, 0.6) is 11.5 Å². The summed E-state index contributed by atoms with van der Waals surface area (Å²) in [6.07, 6.45) is 6.87. The molecular formula is C37H45ClN6O7S2. The minimum absolute atomic E-state index is 0.0310. The molecule has 0 spiro atoms. The van der Waals surface area contributed by atoms with E-state index >= 15 is 0 Å². The maximum atomic E-state index is 14.3. The number of hydrogen-bond donors (Lipinski definition) is 2. The van der Waals surface area contributed by atoms with Crippen molar-refractivity contribution < 1.29 is 32.3 Å². The van der Waals surface area contributed by atoms with Crippen LogP contribution in [-0.4, -0.2) is 95.7 Å². The summed E-state index contributed by atoms with van der Waals surface area (Å²) in [7, 11) is -0.704. The molecule has 4 heterocycles. The molecule has 3 fully saturated rings. The van der Waals surface area contributed by atoms with Gasteiger partial charge in [0.25, 0.3) is 5.91 Å². The lowest BCUT2D eigenvalue weighted by atomic mass is 10.1. The molecule has 2 saturated carbocycles. The second kappa shape index (κ2) is 14.0. The molecule has 1 saturated heterocycles. The lowest BCUT2D eigenvalue weighted by Gasteiger charge is -2.30. The van der Waals surface area contributed by atoms with Crippen LogP contribution >= 0.6 is 22.9 Å². The van der Waals surface area contributed by atoms with E-state index in [0.29, 0.717) is 57.5 Å². The zero-order valence-corrected chi connectivity index (χ0v) is 32.9. The van der Waals surface area contributed by atoms with E-state index in [1.165, 1.54) is 23.3 Å². The number of benzene rings is 1. The van der Waals surface area contributed by atoms with Crippen LogP contribution in [0.2, 0.25) is 5.02 Å². The lowest BCUT2D eigenvalue weighted by Crippen LogP contribution is -2.58. The standard InChI is InChI=1S/C37H45ClN6O7S2/c1-21(2)28-20-52-32(40-28)27-17-30(24-15-31(50-5)25(38)16-26(24)39-27)51-23-14-29-33(45)43(4)13-9-7-6-8-10-22-18-37(22,41-35(47)44(29)19-23)34(46)42-53(48,49)36(3)11-12-36/h8,10,15-17,20-23,29H,6-7,9,11-14,18-19H2,1-5H3,(H,41,47)(H,42,46)/b10-8-/t22-,23+,29+,37-/m1/s1. The van der Waals surface area contributed by atoms with Gasteiger partial charge >= 0.3 is 6.03 Å². The Balaban J connectivity index is 1.21. The molecule has 7 rings (SSSR count). The molecule has 2 aliphatic heterocycles. The number of nitrogens with zero attached hydrogens (tertiary/aromatic N) is 4. The largest absolute Gasteiger partial charge is 0.495 e. The first kappa shape index (κ1) is 37.4. The number of nitrogens with one attached hydrogen (secondary N) is 2. The fraction of sp³-hybridized carbons (Fsp3) is 0.541. The number of urea groups is 1. The van der Waals surface area contributed by atoms with Gasteiger partial charge < -0.3 is 24.6 Å². The molecule has 16 heteroatoms. The average Bonchev–Trinajstić information content (AvgIpc) is 3.88. The van der Waals surface area contributed by atoms with Gasteiger partial charge in [0.2, 0.25) is 15.9 Å². The first-order chi connectivity index (χ1) is 25.1. The van der Waals surface area contributed by atoms with Gasteiger partial charge in [-0.15, -0.1) is 11.3 Å². The van der Waals surface area contributed by atoms with Crippen LogP contribution < -0.4 is 19.5 Å². The van der Waals surface area contributed by atoms with Gasteiger partial charge in [-0.25, -0.2) is 23.2 Å². The van der Waals surface area contributed by atoms with Gasteiger partial charge in [0.05, 0.1) is 34.6 Å². The highest BCUT2D eigenvalue weighted by Crippen LogP contribution is 2.48. The smallest absolute Gasteiger partial charge is 0.319 e. The number of aromatic nitrogens is 2. The van der Waals surface area contributed by atoms with E-state index in [9.17, 15) is 22.8 Å². The van der Waals surface area contributed by atoms with E-state index in [1.54, 1.807) is 37.1 Å². The molecule has 4 aliphatic rings. The molecule has 1 aromatic carbocycles. The Bertz CT molecular complexity index is 2100. The number of allylic oxidation sites excluding steroid dienone is 1. The number of likely N-dealkylation sites (N-methyl/N-ethyl adjacent to an activating group) is 1. The maximum Gasteiger partial charge on any atom is 0.319 e. The summed E-state index contributed by atoms with van der Waals surface area (Å²) < 4.78 is 39.6. The second-order valence-electron chi connectivity index (χ2n) is 15.2. The number of sulfonamides is 1. The first-order valence-electron chi connectivity index (χ1n) is 18.0. The van der Waals surface area contributed by atoms with Crippen LogP contribution in [0.1, 0.15) is 77.3 Å². The Labute approximate surface area is 318 Å². The van der Waals surface area contributed by atoms with Crippen LogP contribution in [0.25, 0.3) is 21.6 Å². The van der Waals surface area contributed by atoms with E-state index in [0.717, 1.165) is 25.0 Å². The third kappa shape index (κ3) is 7.19. The van der Waals surface area contributed by atoms with Gasteiger partial charge in [-0.05, 0) is 63.5 Å². The van der Waals surface area contributed by atoms with Gasteiger partial charge in [0.15, 0.2) is 0 Å². The summed E-state index contributed by atoms with van der Waals surface area (Å²) in [4.78, 5) is 54.7. The second-order valence-corrected chi connectivity index (χ2v) is 18.6. The van der Waals surface area contributed by atoms with Gasteiger partial charge in [-0.3, -0.25) is 14.3 Å². The Hall–Kier alpha value is -3.95. The van der Waals surface area contributed by atoms with Crippen LogP contribution in [0.15, 0.2) is 35.7 Å². The van der Waals surface area contributed by atoms with Gasteiger partial charge in [-0.1, -0.05) is 37.6 Å². The molecule has 0 unspecified atom stereocenters. The normalized spacial score (nSPS) is 26.4. The Morgan fingerprint density at radius 1 is 1.15 bits per heavy atom. The highest BCUT2D eigenvalue weighted by molar-refractivity contribution is 7.91. The number of methoxy groups -OCH3 is 1. The van der Waals surface area contributed by atoms with Crippen molar-refractivity contribution in [1.29, 1.82) is 0 Å². The third-order valence-electron chi connectivity index (χ3n) is 10.9. The van der Waals surface area contributed by atoms with Crippen LogP contribution in [0.3, 0.4) is 0 Å². The van der Waals surface area contributed by atoms with E-state index in [4.69, 9.17) is 31.0 Å². The molecule has 2 aromatic heterocycles. The van der Waals surface area contributed by atoms with E-state index < -0.39 is 50.3 Å². The van der Waals surface area contributed by atoms with Gasteiger partial charge in [0.1, 0.15) is 39.9 Å². The average molecular weight is 785 g/mol. The van der Waals surface area contributed by atoms with Crippen molar-refractivity contribution in [3.8, 4) is 22.2 Å². The van der Waals surface area contributed by atoms with Crippen molar-refractivity contribution in [2.75, 3.05) is 27.2 Å². The number of carbonyl (C=O) groups excluding carboxylic acids is 3. The molecule has 53 heavy (non-hydrogen) atoms. The van der Waals surface area contributed by atoms with Crippen molar-refractivity contribution in [3.05, 3.63) is 46.4 Å². The summed E-state index contributed by atoms with van der Waals surface area (Å²) in [5, 5.41) is 6.61. The number of hydrogen-bond acceptors (Lipinski definition) is 10.